The van der Waals surface area contributed by atoms with Crippen molar-refractivity contribution >= 4 is 18.0 Å². The quantitative estimate of drug-likeness (QED) is 0.180. The molecular formula is C39H51NO9. The van der Waals surface area contributed by atoms with Gasteiger partial charge in [0.1, 0.15) is 6.10 Å². The molecule has 5 aliphatic rings. The predicted molar refractivity (Wildman–Crippen MR) is 182 cm³/mol. The summed E-state index contributed by atoms with van der Waals surface area (Å²) in [4.78, 5) is 38.6. The average Bonchev–Trinajstić information content (AvgIpc) is 3.36. The van der Waals surface area contributed by atoms with E-state index >= 15 is 0 Å². The summed E-state index contributed by atoms with van der Waals surface area (Å²) < 4.78 is 33.2. The van der Waals surface area contributed by atoms with Crippen molar-refractivity contribution in [2.75, 3.05) is 27.9 Å². The molecule has 3 unspecified atom stereocenters. The molecule has 0 spiro atoms. The molecule has 1 N–H and O–H groups in total. The van der Waals surface area contributed by atoms with E-state index in [0.717, 1.165) is 30.4 Å². The summed E-state index contributed by atoms with van der Waals surface area (Å²) in [7, 11) is 4.71. The maximum absolute atomic E-state index is 13.0. The standard InChI is InChI=1S/C39H51NO9/c1-24(48-36(43)40-39-19-27-17-37(2,22-39)21-38(3,18-27)23-39)7-12-34(41)49-31-11-9-26(16-33(31)46-6)14-29-28(20-47-35(29)42)13-25-8-10-30(44-4)32(15-25)45-5/h8-11,15-16,24,27-29H,7,12-14,17-23H2,1-6H3,(H,40,43)/t24?,27?,28-,29+,37?,38?,39?/m0/s1. The molecule has 2 aromatic rings. The fourth-order valence-electron chi connectivity index (χ4n) is 10.1. The van der Waals surface area contributed by atoms with Gasteiger partial charge >= 0.3 is 18.0 Å². The van der Waals surface area contributed by atoms with Crippen LogP contribution in [0.1, 0.15) is 83.3 Å². The summed E-state index contributed by atoms with van der Waals surface area (Å²) in [5, 5.41) is 3.27. The second-order valence-electron chi connectivity index (χ2n) is 15.8. The van der Waals surface area contributed by atoms with Crippen LogP contribution >= 0.6 is 0 Å². The van der Waals surface area contributed by atoms with Crippen molar-refractivity contribution in [3.8, 4) is 23.0 Å². The van der Waals surface area contributed by atoms with Gasteiger partial charge in [-0.2, -0.15) is 0 Å². The molecule has 4 bridgehead atoms. The van der Waals surface area contributed by atoms with E-state index in [4.69, 9.17) is 28.4 Å². The molecule has 0 radical (unpaired) electrons. The van der Waals surface area contributed by atoms with Crippen LogP contribution in [-0.2, 0) is 31.9 Å². The molecule has 5 fully saturated rings. The van der Waals surface area contributed by atoms with Crippen molar-refractivity contribution < 1.29 is 42.8 Å². The van der Waals surface area contributed by atoms with Gasteiger partial charge in [-0.25, -0.2) is 4.79 Å². The lowest BCUT2D eigenvalue weighted by Gasteiger charge is -2.65. The largest absolute Gasteiger partial charge is 0.493 e. The molecule has 10 heteroatoms. The van der Waals surface area contributed by atoms with Crippen molar-refractivity contribution in [1.82, 2.24) is 5.32 Å². The van der Waals surface area contributed by atoms with Crippen molar-refractivity contribution in [1.29, 1.82) is 0 Å². The number of rotatable bonds is 13. The van der Waals surface area contributed by atoms with Crippen molar-refractivity contribution in [3.63, 3.8) is 0 Å². The SMILES string of the molecule is COc1ccc(C[C@H]2COC(=O)[C@@H]2Cc2ccc(OC(=O)CCC(C)OC(=O)NC34CC5CC(C)(CC(C)(C5)C3)C4)c(OC)c2)cc1OC. The average molecular weight is 678 g/mol. The van der Waals surface area contributed by atoms with Crippen molar-refractivity contribution in [2.45, 2.75) is 96.6 Å². The molecule has 1 heterocycles. The Hall–Kier alpha value is -3.95. The molecule has 4 aliphatic carbocycles. The van der Waals surface area contributed by atoms with E-state index in [0.29, 0.717) is 54.8 Å². The Morgan fingerprint density at radius 3 is 2.10 bits per heavy atom. The smallest absolute Gasteiger partial charge is 0.407 e. The molecule has 7 rings (SSSR count). The minimum Gasteiger partial charge on any atom is -0.493 e. The molecule has 10 nitrogen and oxygen atoms in total. The number of methoxy groups -OCH3 is 3. The monoisotopic (exact) mass is 677 g/mol. The van der Waals surface area contributed by atoms with E-state index in [1.807, 2.05) is 24.3 Å². The van der Waals surface area contributed by atoms with Gasteiger partial charge in [-0.05, 0) is 117 Å². The van der Waals surface area contributed by atoms with Gasteiger partial charge in [0.05, 0.1) is 33.9 Å². The first-order valence-corrected chi connectivity index (χ1v) is 17.6. The Balaban J connectivity index is 0.994. The fourth-order valence-corrected chi connectivity index (χ4v) is 10.1. The summed E-state index contributed by atoms with van der Waals surface area (Å²) in [6.07, 6.45) is 7.45. The summed E-state index contributed by atoms with van der Waals surface area (Å²) in [5.74, 6) is 1.62. The van der Waals surface area contributed by atoms with Crippen LogP contribution in [0, 0.1) is 28.6 Å². The highest BCUT2D eigenvalue weighted by Crippen LogP contribution is 2.66. The van der Waals surface area contributed by atoms with E-state index in [1.165, 1.54) is 26.4 Å². The maximum atomic E-state index is 13.0. The van der Waals surface area contributed by atoms with Crippen LogP contribution in [0.4, 0.5) is 4.79 Å². The second-order valence-corrected chi connectivity index (χ2v) is 15.8. The number of benzene rings is 2. The summed E-state index contributed by atoms with van der Waals surface area (Å²) in [5.41, 5.74) is 2.28. The molecular weight excluding hydrogens is 626 g/mol. The number of amides is 1. The Labute approximate surface area is 289 Å². The number of carbonyl (C=O) groups excluding carboxylic acids is 3. The lowest BCUT2D eigenvalue weighted by atomic mass is 9.43. The number of nitrogens with one attached hydrogen (secondary N) is 1. The lowest BCUT2D eigenvalue weighted by molar-refractivity contribution is -0.141. The van der Waals surface area contributed by atoms with Gasteiger partial charge in [-0.15, -0.1) is 0 Å². The maximum Gasteiger partial charge on any atom is 0.407 e. The molecule has 2 aromatic carbocycles. The zero-order valence-corrected chi connectivity index (χ0v) is 29.7. The van der Waals surface area contributed by atoms with E-state index < -0.39 is 18.2 Å². The van der Waals surface area contributed by atoms with Gasteiger partial charge in [-0.1, -0.05) is 26.0 Å². The molecule has 5 atom stereocenters. The van der Waals surface area contributed by atoms with Gasteiger partial charge in [0.15, 0.2) is 23.0 Å². The first kappa shape index (κ1) is 34.9. The third kappa shape index (κ3) is 7.78. The summed E-state index contributed by atoms with van der Waals surface area (Å²) >= 11 is 0. The Kier molecular flexibility index (Phi) is 9.79. The summed E-state index contributed by atoms with van der Waals surface area (Å²) in [6.45, 7) is 6.89. The lowest BCUT2D eigenvalue weighted by Crippen LogP contribution is -2.65. The first-order chi connectivity index (χ1) is 23.3. The highest BCUT2D eigenvalue weighted by Gasteiger charge is 2.60. The van der Waals surface area contributed by atoms with Crippen molar-refractivity contribution in [2.24, 2.45) is 28.6 Å². The zero-order chi connectivity index (χ0) is 35.0. The number of hydrogen-bond acceptors (Lipinski definition) is 9. The molecule has 0 aromatic heterocycles. The minimum atomic E-state index is -0.449. The highest BCUT2D eigenvalue weighted by molar-refractivity contribution is 5.76. The third-order valence-electron chi connectivity index (χ3n) is 11.2. The van der Waals surface area contributed by atoms with E-state index in [-0.39, 0.29) is 40.6 Å². The van der Waals surface area contributed by atoms with Gasteiger partial charge in [0.2, 0.25) is 0 Å². The number of ether oxygens (including phenoxy) is 6. The number of carbonyl (C=O) groups is 3. The topological polar surface area (TPSA) is 119 Å². The zero-order valence-electron chi connectivity index (χ0n) is 29.7. The molecule has 266 valence electrons. The van der Waals surface area contributed by atoms with Gasteiger partial charge in [0, 0.05) is 17.9 Å². The Bertz CT molecular complexity index is 1550. The molecule has 4 saturated carbocycles. The van der Waals surface area contributed by atoms with E-state index in [9.17, 15) is 14.4 Å². The van der Waals surface area contributed by atoms with Crippen LogP contribution in [0.3, 0.4) is 0 Å². The Morgan fingerprint density at radius 1 is 0.857 bits per heavy atom. The Morgan fingerprint density at radius 2 is 1.47 bits per heavy atom. The third-order valence-corrected chi connectivity index (χ3v) is 11.2. The first-order valence-electron chi connectivity index (χ1n) is 17.6. The predicted octanol–water partition coefficient (Wildman–Crippen LogP) is 6.84. The van der Waals surface area contributed by atoms with Crippen LogP contribution in [0.5, 0.6) is 23.0 Å². The number of alkyl carbamates (subject to hydrolysis) is 1. The van der Waals surface area contributed by atoms with Gasteiger partial charge in [-0.3, -0.25) is 9.59 Å². The van der Waals surface area contributed by atoms with Crippen LogP contribution in [0.25, 0.3) is 0 Å². The molecule has 1 amide bonds. The van der Waals surface area contributed by atoms with Gasteiger partial charge < -0.3 is 33.7 Å². The highest BCUT2D eigenvalue weighted by atomic mass is 16.6. The minimum absolute atomic E-state index is 0.0144. The van der Waals surface area contributed by atoms with Gasteiger partial charge in [0.25, 0.3) is 0 Å². The second kappa shape index (κ2) is 13.8. The number of cyclic esters (lactones) is 1. The van der Waals surface area contributed by atoms with E-state index in [2.05, 4.69) is 19.2 Å². The van der Waals surface area contributed by atoms with Crippen LogP contribution in [-0.4, -0.2) is 57.6 Å². The van der Waals surface area contributed by atoms with Crippen LogP contribution < -0.4 is 24.3 Å². The van der Waals surface area contributed by atoms with E-state index in [1.54, 1.807) is 33.3 Å². The molecule has 49 heavy (non-hydrogen) atoms. The normalized spacial score (nSPS) is 30.3. The van der Waals surface area contributed by atoms with Crippen LogP contribution in [0.15, 0.2) is 36.4 Å². The number of hydrogen-bond donors (Lipinski definition) is 1. The molecule has 1 aliphatic heterocycles. The summed E-state index contributed by atoms with van der Waals surface area (Å²) in [6, 6.07) is 11.1. The fraction of sp³-hybridized carbons (Fsp3) is 0.615. The van der Waals surface area contributed by atoms with Crippen LogP contribution in [0.2, 0.25) is 0 Å². The van der Waals surface area contributed by atoms with Crippen molar-refractivity contribution in [3.05, 3.63) is 47.5 Å². The number of esters is 2. The molecule has 1 saturated heterocycles.